The fourth-order valence-corrected chi connectivity index (χ4v) is 3.20. The number of unbranched alkanes of at least 4 members (excludes halogenated alkanes) is 1. The van der Waals surface area contributed by atoms with Gasteiger partial charge in [-0.2, -0.15) is 0 Å². The number of amides is 2. The van der Waals surface area contributed by atoms with Crippen molar-refractivity contribution in [2.75, 3.05) is 13.7 Å². The number of nitrogens with zero attached hydrogens (tertiary/aromatic N) is 1. The van der Waals surface area contributed by atoms with Crippen LogP contribution in [0.3, 0.4) is 0 Å². The minimum Gasteiger partial charge on any atom is -0.497 e. The number of carbonyl (C=O) groups excluding carboxylic acids is 2. The van der Waals surface area contributed by atoms with E-state index in [1.165, 1.54) is 5.56 Å². The molecule has 2 aromatic rings. The molecular weight excluding hydrogens is 376 g/mol. The second-order valence-electron chi connectivity index (χ2n) is 7.68. The quantitative estimate of drug-likeness (QED) is 0.563. The molecule has 0 saturated heterocycles. The van der Waals surface area contributed by atoms with Crippen LogP contribution in [-0.4, -0.2) is 36.4 Å². The zero-order valence-corrected chi connectivity index (χ0v) is 18.6. The third kappa shape index (κ3) is 7.21. The summed E-state index contributed by atoms with van der Waals surface area (Å²) in [5.74, 6) is 0.631. The van der Waals surface area contributed by atoms with Crippen LogP contribution < -0.4 is 10.1 Å². The Morgan fingerprint density at radius 3 is 2.27 bits per heavy atom. The summed E-state index contributed by atoms with van der Waals surface area (Å²) < 4.78 is 5.21. The van der Waals surface area contributed by atoms with Crippen molar-refractivity contribution >= 4 is 11.8 Å². The molecule has 5 nitrogen and oxygen atoms in total. The number of hydrogen-bond donors (Lipinski definition) is 1. The van der Waals surface area contributed by atoms with Crippen LogP contribution in [-0.2, 0) is 22.6 Å². The van der Waals surface area contributed by atoms with E-state index >= 15 is 0 Å². The second-order valence-corrected chi connectivity index (χ2v) is 7.68. The first-order chi connectivity index (χ1) is 14.4. The van der Waals surface area contributed by atoms with Crippen molar-refractivity contribution in [2.45, 2.75) is 59.0 Å². The topological polar surface area (TPSA) is 58.6 Å². The molecule has 2 amide bonds. The smallest absolute Gasteiger partial charge is 0.242 e. The molecule has 2 aromatic carbocycles. The van der Waals surface area contributed by atoms with Gasteiger partial charge in [-0.1, -0.05) is 55.3 Å². The third-order valence-electron chi connectivity index (χ3n) is 5.26. The first-order valence-electron chi connectivity index (χ1n) is 10.7. The summed E-state index contributed by atoms with van der Waals surface area (Å²) >= 11 is 0. The molecular formula is C25H34N2O3. The van der Waals surface area contributed by atoms with Crippen molar-refractivity contribution in [3.63, 3.8) is 0 Å². The lowest BCUT2D eigenvalue weighted by Gasteiger charge is -2.29. The van der Waals surface area contributed by atoms with Gasteiger partial charge in [0.1, 0.15) is 11.8 Å². The van der Waals surface area contributed by atoms with Gasteiger partial charge in [-0.05, 0) is 49.9 Å². The van der Waals surface area contributed by atoms with E-state index in [1.54, 1.807) is 18.9 Å². The average molecular weight is 411 g/mol. The Bertz CT molecular complexity index is 800. The van der Waals surface area contributed by atoms with Gasteiger partial charge in [0.15, 0.2) is 0 Å². The molecule has 30 heavy (non-hydrogen) atoms. The van der Waals surface area contributed by atoms with E-state index in [-0.39, 0.29) is 11.8 Å². The van der Waals surface area contributed by atoms with Gasteiger partial charge in [-0.25, -0.2) is 0 Å². The van der Waals surface area contributed by atoms with Crippen LogP contribution in [0.1, 0.15) is 49.8 Å². The normalized spacial score (nSPS) is 11.6. The number of ether oxygens (including phenoxy) is 1. The molecule has 5 heteroatoms. The highest BCUT2D eigenvalue weighted by molar-refractivity contribution is 5.87. The van der Waals surface area contributed by atoms with Crippen LogP contribution in [0.25, 0.3) is 0 Å². The van der Waals surface area contributed by atoms with Gasteiger partial charge in [0.05, 0.1) is 7.11 Å². The molecule has 0 aliphatic rings. The predicted molar refractivity (Wildman–Crippen MR) is 120 cm³/mol. The van der Waals surface area contributed by atoms with E-state index in [0.29, 0.717) is 25.9 Å². The molecule has 0 fully saturated rings. The number of nitrogens with one attached hydrogen (secondary N) is 1. The second kappa shape index (κ2) is 12.0. The Morgan fingerprint density at radius 1 is 1.03 bits per heavy atom. The molecule has 0 saturated carbocycles. The van der Waals surface area contributed by atoms with Crippen LogP contribution in [0.4, 0.5) is 0 Å². The molecule has 0 aliphatic heterocycles. The van der Waals surface area contributed by atoms with E-state index in [4.69, 9.17) is 4.74 Å². The number of carbonyl (C=O) groups is 2. The van der Waals surface area contributed by atoms with Gasteiger partial charge in [-0.3, -0.25) is 9.59 Å². The van der Waals surface area contributed by atoms with Gasteiger partial charge in [-0.15, -0.1) is 0 Å². The fourth-order valence-electron chi connectivity index (χ4n) is 3.20. The lowest BCUT2D eigenvalue weighted by molar-refractivity contribution is -0.140. The standard InChI is InChI=1S/C25H34N2O3/c1-5-6-17-26-25(29)20(3)27(18-22-11-14-23(30-4)15-12-22)24(28)16-13-21-9-7-19(2)8-10-21/h7-12,14-15,20H,5-6,13,16-18H2,1-4H3,(H,26,29)/t20-/m1/s1. The maximum absolute atomic E-state index is 13.1. The molecule has 1 atom stereocenters. The van der Waals surface area contributed by atoms with Gasteiger partial charge < -0.3 is 15.0 Å². The molecule has 2 rings (SSSR count). The molecule has 0 unspecified atom stereocenters. The number of rotatable bonds is 11. The van der Waals surface area contributed by atoms with Crippen molar-refractivity contribution in [3.05, 3.63) is 65.2 Å². The molecule has 0 heterocycles. The molecule has 0 radical (unpaired) electrons. The maximum Gasteiger partial charge on any atom is 0.242 e. The van der Waals surface area contributed by atoms with Crippen LogP contribution in [0.5, 0.6) is 5.75 Å². The summed E-state index contributed by atoms with van der Waals surface area (Å²) in [6.07, 6.45) is 2.96. The number of methoxy groups -OCH3 is 1. The van der Waals surface area contributed by atoms with Crippen LogP contribution in [0.15, 0.2) is 48.5 Å². The Labute approximate surface area is 180 Å². The zero-order chi connectivity index (χ0) is 21.9. The summed E-state index contributed by atoms with van der Waals surface area (Å²) in [5.41, 5.74) is 3.29. The zero-order valence-electron chi connectivity index (χ0n) is 18.6. The lowest BCUT2D eigenvalue weighted by atomic mass is 10.1. The highest BCUT2D eigenvalue weighted by Gasteiger charge is 2.25. The summed E-state index contributed by atoms with van der Waals surface area (Å²) in [5, 5.41) is 2.95. The minimum atomic E-state index is -0.533. The Hall–Kier alpha value is -2.82. The lowest BCUT2D eigenvalue weighted by Crippen LogP contribution is -2.47. The fraction of sp³-hybridized carbons (Fsp3) is 0.440. The Morgan fingerprint density at radius 2 is 1.67 bits per heavy atom. The monoisotopic (exact) mass is 410 g/mol. The van der Waals surface area contributed by atoms with Gasteiger partial charge >= 0.3 is 0 Å². The summed E-state index contributed by atoms with van der Waals surface area (Å²) in [7, 11) is 1.62. The third-order valence-corrected chi connectivity index (χ3v) is 5.26. The van der Waals surface area contributed by atoms with Gasteiger partial charge in [0, 0.05) is 19.5 Å². The van der Waals surface area contributed by atoms with E-state index in [2.05, 4.69) is 36.5 Å². The predicted octanol–water partition coefficient (Wildman–Crippen LogP) is 4.27. The Kier molecular flexibility index (Phi) is 9.39. The van der Waals surface area contributed by atoms with Gasteiger partial charge in [0.2, 0.25) is 11.8 Å². The summed E-state index contributed by atoms with van der Waals surface area (Å²) in [6.45, 7) is 6.95. The first-order valence-corrected chi connectivity index (χ1v) is 10.7. The molecule has 0 aromatic heterocycles. The highest BCUT2D eigenvalue weighted by Crippen LogP contribution is 2.16. The maximum atomic E-state index is 13.1. The Balaban J connectivity index is 2.10. The molecule has 162 valence electrons. The molecule has 0 spiro atoms. The summed E-state index contributed by atoms with van der Waals surface area (Å²) in [6, 6.07) is 15.3. The van der Waals surface area contributed by atoms with Crippen LogP contribution in [0.2, 0.25) is 0 Å². The van der Waals surface area contributed by atoms with Crippen LogP contribution >= 0.6 is 0 Å². The van der Waals surface area contributed by atoms with Crippen molar-refractivity contribution in [3.8, 4) is 5.75 Å². The highest BCUT2D eigenvalue weighted by atomic mass is 16.5. The largest absolute Gasteiger partial charge is 0.497 e. The molecule has 0 bridgehead atoms. The van der Waals surface area contributed by atoms with E-state index in [0.717, 1.165) is 29.7 Å². The van der Waals surface area contributed by atoms with E-state index in [1.807, 2.05) is 31.2 Å². The molecule has 1 N–H and O–H groups in total. The van der Waals surface area contributed by atoms with Crippen molar-refractivity contribution < 1.29 is 14.3 Å². The van der Waals surface area contributed by atoms with Crippen molar-refractivity contribution in [1.29, 1.82) is 0 Å². The SMILES string of the molecule is CCCCNC(=O)[C@@H](C)N(Cc1ccc(OC)cc1)C(=O)CCc1ccc(C)cc1. The molecule has 0 aliphatic carbocycles. The average Bonchev–Trinajstić information content (AvgIpc) is 2.77. The summed E-state index contributed by atoms with van der Waals surface area (Å²) in [4.78, 5) is 27.4. The van der Waals surface area contributed by atoms with Crippen molar-refractivity contribution in [2.24, 2.45) is 0 Å². The first kappa shape index (κ1) is 23.5. The number of benzene rings is 2. The van der Waals surface area contributed by atoms with Gasteiger partial charge in [0.25, 0.3) is 0 Å². The van der Waals surface area contributed by atoms with E-state index < -0.39 is 6.04 Å². The van der Waals surface area contributed by atoms with Crippen LogP contribution in [0, 0.1) is 6.92 Å². The van der Waals surface area contributed by atoms with Crippen molar-refractivity contribution in [1.82, 2.24) is 10.2 Å². The minimum absolute atomic E-state index is 0.0236. The number of hydrogen-bond acceptors (Lipinski definition) is 3. The van der Waals surface area contributed by atoms with E-state index in [9.17, 15) is 9.59 Å². The number of aryl methyl sites for hydroxylation is 2.